The van der Waals surface area contributed by atoms with Gasteiger partial charge in [0, 0.05) is 18.8 Å². The number of carboxylic acids is 1. The van der Waals surface area contributed by atoms with Gasteiger partial charge in [-0.2, -0.15) is 0 Å². The molecule has 2 unspecified atom stereocenters. The number of allylic oxidation sites excluding steroid dienone is 3. The quantitative estimate of drug-likeness (QED) is 0.401. The number of aliphatic hydroxyl groups is 1. The zero-order chi connectivity index (χ0) is 18.7. The highest BCUT2D eigenvalue weighted by atomic mass is 16.4. The molecular weight excluding hydrogens is 316 g/mol. The van der Waals surface area contributed by atoms with Crippen LogP contribution in [0.4, 0.5) is 0 Å². The van der Waals surface area contributed by atoms with Crippen molar-refractivity contribution in [2.45, 2.75) is 77.7 Å². The molecule has 0 saturated heterocycles. The standard InChI is InChI=1S/C21H34O4/c1-3-4-9-16(2)19(22)14-12-17-13-15-20(23)18(17)10-7-5-6-8-11-21(24)25/h5,7,12,14,16-19,22H,3-4,6,8-11,13,15H2,1-2H3,(H,24,25)/t16?,17-,18-,19?/m0/s1. The maximum atomic E-state index is 12.1. The minimum absolute atomic E-state index is 0.00474. The maximum Gasteiger partial charge on any atom is 0.303 e. The van der Waals surface area contributed by atoms with Crippen LogP contribution >= 0.6 is 0 Å². The predicted octanol–water partition coefficient (Wildman–Crippen LogP) is 4.53. The zero-order valence-electron chi connectivity index (χ0n) is 15.7. The summed E-state index contributed by atoms with van der Waals surface area (Å²) in [5, 5.41) is 18.8. The number of ketones is 1. The van der Waals surface area contributed by atoms with E-state index in [0.717, 1.165) is 32.1 Å². The van der Waals surface area contributed by atoms with Crippen LogP contribution in [0.2, 0.25) is 0 Å². The van der Waals surface area contributed by atoms with Crippen LogP contribution in [-0.2, 0) is 9.59 Å². The average Bonchev–Trinajstić information content (AvgIpc) is 2.93. The third-order valence-corrected chi connectivity index (χ3v) is 5.12. The first-order valence-corrected chi connectivity index (χ1v) is 9.71. The largest absolute Gasteiger partial charge is 0.481 e. The summed E-state index contributed by atoms with van der Waals surface area (Å²) in [4.78, 5) is 22.6. The fraction of sp³-hybridized carbons (Fsp3) is 0.714. The highest BCUT2D eigenvalue weighted by molar-refractivity contribution is 5.83. The number of aliphatic hydroxyl groups excluding tert-OH is 1. The van der Waals surface area contributed by atoms with Gasteiger partial charge in [0.25, 0.3) is 0 Å². The van der Waals surface area contributed by atoms with Gasteiger partial charge in [-0.1, -0.05) is 51.0 Å². The van der Waals surface area contributed by atoms with Crippen LogP contribution in [0, 0.1) is 17.8 Å². The fourth-order valence-electron chi connectivity index (χ4n) is 3.35. The van der Waals surface area contributed by atoms with Crippen molar-refractivity contribution < 1.29 is 19.8 Å². The molecule has 1 fully saturated rings. The third-order valence-electron chi connectivity index (χ3n) is 5.12. The van der Waals surface area contributed by atoms with Gasteiger partial charge >= 0.3 is 5.97 Å². The van der Waals surface area contributed by atoms with Crippen molar-refractivity contribution in [2.75, 3.05) is 0 Å². The lowest BCUT2D eigenvalue weighted by atomic mass is 9.90. The number of rotatable bonds is 12. The van der Waals surface area contributed by atoms with E-state index in [1.54, 1.807) is 0 Å². The lowest BCUT2D eigenvalue weighted by Gasteiger charge is -2.17. The van der Waals surface area contributed by atoms with Gasteiger partial charge in [0.05, 0.1) is 6.10 Å². The van der Waals surface area contributed by atoms with E-state index in [2.05, 4.69) is 13.8 Å². The van der Waals surface area contributed by atoms with Crippen molar-refractivity contribution in [3.63, 3.8) is 0 Å². The van der Waals surface area contributed by atoms with Crippen molar-refractivity contribution >= 4 is 11.8 Å². The molecule has 142 valence electrons. The lowest BCUT2D eigenvalue weighted by Crippen LogP contribution is -2.16. The summed E-state index contributed by atoms with van der Waals surface area (Å²) in [5.41, 5.74) is 0. The molecule has 0 aromatic rings. The predicted molar refractivity (Wildman–Crippen MR) is 100 cm³/mol. The minimum Gasteiger partial charge on any atom is -0.481 e. The number of carbonyl (C=O) groups excluding carboxylic acids is 1. The SMILES string of the molecule is CCCCC(C)C(O)C=C[C@H]1CCC(=O)[C@H]1CC=CCCCC(=O)O. The Balaban J connectivity index is 2.44. The van der Waals surface area contributed by atoms with E-state index in [1.165, 1.54) is 0 Å². The number of carbonyl (C=O) groups is 2. The van der Waals surface area contributed by atoms with Crippen LogP contribution < -0.4 is 0 Å². The summed E-state index contributed by atoms with van der Waals surface area (Å²) in [7, 11) is 0. The van der Waals surface area contributed by atoms with Crippen molar-refractivity contribution in [3.8, 4) is 0 Å². The second-order valence-corrected chi connectivity index (χ2v) is 7.26. The topological polar surface area (TPSA) is 74.6 Å². The Morgan fingerprint density at radius 2 is 2.08 bits per heavy atom. The number of unbranched alkanes of at least 4 members (excludes halogenated alkanes) is 2. The molecule has 25 heavy (non-hydrogen) atoms. The monoisotopic (exact) mass is 350 g/mol. The van der Waals surface area contributed by atoms with E-state index in [4.69, 9.17) is 5.11 Å². The molecule has 1 saturated carbocycles. The number of aliphatic carboxylic acids is 1. The van der Waals surface area contributed by atoms with Gasteiger partial charge in [-0.3, -0.25) is 9.59 Å². The van der Waals surface area contributed by atoms with Gasteiger partial charge in [0.15, 0.2) is 0 Å². The molecule has 0 spiro atoms. The normalized spacial score (nSPS) is 23.6. The van der Waals surface area contributed by atoms with E-state index in [9.17, 15) is 14.7 Å². The zero-order valence-corrected chi connectivity index (χ0v) is 15.7. The van der Waals surface area contributed by atoms with Crippen molar-refractivity contribution in [3.05, 3.63) is 24.3 Å². The van der Waals surface area contributed by atoms with Crippen molar-refractivity contribution in [1.82, 2.24) is 0 Å². The second-order valence-electron chi connectivity index (χ2n) is 7.26. The molecule has 1 rings (SSSR count). The van der Waals surface area contributed by atoms with Crippen LogP contribution in [0.3, 0.4) is 0 Å². The molecular formula is C21H34O4. The first-order chi connectivity index (χ1) is 12.0. The highest BCUT2D eigenvalue weighted by Crippen LogP contribution is 2.33. The molecule has 0 bridgehead atoms. The average molecular weight is 350 g/mol. The number of hydrogen-bond acceptors (Lipinski definition) is 3. The first kappa shape index (κ1) is 21.6. The number of carboxylic acid groups (broad SMARTS) is 1. The Morgan fingerprint density at radius 3 is 2.76 bits per heavy atom. The minimum atomic E-state index is -0.767. The van der Waals surface area contributed by atoms with Crippen molar-refractivity contribution in [1.29, 1.82) is 0 Å². The summed E-state index contributed by atoms with van der Waals surface area (Å²) in [5.74, 6) is 0.00449. The summed E-state index contributed by atoms with van der Waals surface area (Å²) < 4.78 is 0. The summed E-state index contributed by atoms with van der Waals surface area (Å²) in [6.45, 7) is 4.22. The van der Waals surface area contributed by atoms with Gasteiger partial charge in [-0.25, -0.2) is 0 Å². The van der Waals surface area contributed by atoms with Crippen LogP contribution in [0.15, 0.2) is 24.3 Å². The van der Waals surface area contributed by atoms with Gasteiger partial charge in [-0.05, 0) is 43.9 Å². The van der Waals surface area contributed by atoms with Gasteiger partial charge < -0.3 is 10.2 Å². The molecule has 1 aliphatic rings. The van der Waals surface area contributed by atoms with Gasteiger partial charge in [0.2, 0.25) is 0 Å². The van der Waals surface area contributed by atoms with E-state index >= 15 is 0 Å². The van der Waals surface area contributed by atoms with E-state index in [0.29, 0.717) is 25.0 Å². The molecule has 0 aromatic carbocycles. The van der Waals surface area contributed by atoms with E-state index in [-0.39, 0.29) is 24.2 Å². The highest BCUT2D eigenvalue weighted by Gasteiger charge is 2.32. The van der Waals surface area contributed by atoms with Crippen LogP contribution in [0.25, 0.3) is 0 Å². The fourth-order valence-corrected chi connectivity index (χ4v) is 3.35. The summed E-state index contributed by atoms with van der Waals surface area (Å²) in [6.07, 6.45) is 14.5. The van der Waals surface area contributed by atoms with E-state index < -0.39 is 12.1 Å². The molecule has 0 aliphatic heterocycles. The van der Waals surface area contributed by atoms with Gasteiger partial charge in [0.1, 0.15) is 5.78 Å². The van der Waals surface area contributed by atoms with Crippen LogP contribution in [0.1, 0.15) is 71.6 Å². The molecule has 4 heteroatoms. The summed E-state index contributed by atoms with van der Waals surface area (Å²) in [6, 6.07) is 0. The maximum absolute atomic E-state index is 12.1. The smallest absolute Gasteiger partial charge is 0.303 e. The lowest BCUT2D eigenvalue weighted by molar-refractivity contribution is -0.137. The Kier molecular flexibility index (Phi) is 10.4. The third kappa shape index (κ3) is 8.48. The van der Waals surface area contributed by atoms with Crippen LogP contribution in [-0.4, -0.2) is 28.1 Å². The van der Waals surface area contributed by atoms with Gasteiger partial charge in [-0.15, -0.1) is 0 Å². The molecule has 0 radical (unpaired) electrons. The molecule has 4 atom stereocenters. The molecule has 0 aromatic heterocycles. The van der Waals surface area contributed by atoms with Crippen LogP contribution in [0.5, 0.6) is 0 Å². The number of hydrogen-bond donors (Lipinski definition) is 2. The molecule has 0 amide bonds. The first-order valence-electron chi connectivity index (χ1n) is 9.71. The Hall–Kier alpha value is -1.42. The molecule has 0 heterocycles. The Morgan fingerprint density at radius 1 is 1.32 bits per heavy atom. The van der Waals surface area contributed by atoms with E-state index in [1.807, 2.05) is 24.3 Å². The molecule has 1 aliphatic carbocycles. The summed E-state index contributed by atoms with van der Waals surface area (Å²) >= 11 is 0. The Labute approximate surface area is 152 Å². The molecule has 4 nitrogen and oxygen atoms in total. The number of Topliss-reactive ketones (excluding diaryl/α,β-unsaturated/α-hetero) is 1. The molecule has 2 N–H and O–H groups in total. The Bertz CT molecular complexity index is 467. The van der Waals surface area contributed by atoms with Crippen molar-refractivity contribution in [2.24, 2.45) is 17.8 Å². The second kappa shape index (κ2) is 12.0.